The second-order valence-electron chi connectivity index (χ2n) is 3.52. The van der Waals surface area contributed by atoms with Gasteiger partial charge in [-0.15, -0.1) is 0 Å². The molecule has 4 heteroatoms. The minimum absolute atomic E-state index is 0.240. The van der Waals surface area contributed by atoms with Gasteiger partial charge in [0.15, 0.2) is 0 Å². The van der Waals surface area contributed by atoms with E-state index in [1.54, 1.807) is 7.11 Å². The van der Waals surface area contributed by atoms with Crippen LogP contribution in [0.1, 0.15) is 25.2 Å². The predicted molar refractivity (Wildman–Crippen MR) is 56.1 cm³/mol. The molecule has 0 radical (unpaired) electrons. The highest BCUT2D eigenvalue weighted by molar-refractivity contribution is 4.98. The number of rotatable bonds is 5. The van der Waals surface area contributed by atoms with Crippen LogP contribution in [-0.2, 0) is 11.8 Å². The van der Waals surface area contributed by atoms with Crippen molar-refractivity contribution in [3.63, 3.8) is 0 Å². The van der Waals surface area contributed by atoms with E-state index in [0.29, 0.717) is 0 Å². The number of ether oxygens (including phenoxy) is 1. The molecule has 4 nitrogen and oxygen atoms in total. The number of methoxy groups -OCH3 is 1. The van der Waals surface area contributed by atoms with Crippen molar-refractivity contribution >= 4 is 0 Å². The summed E-state index contributed by atoms with van der Waals surface area (Å²) in [6.45, 7) is 2.06. The Morgan fingerprint density at radius 3 is 2.79 bits per heavy atom. The van der Waals surface area contributed by atoms with E-state index in [9.17, 15) is 0 Å². The van der Waals surface area contributed by atoms with Crippen LogP contribution in [0.15, 0.2) is 12.4 Å². The Morgan fingerprint density at radius 2 is 2.36 bits per heavy atom. The highest BCUT2D eigenvalue weighted by Gasteiger charge is 2.16. The van der Waals surface area contributed by atoms with Gasteiger partial charge < -0.3 is 14.6 Å². The van der Waals surface area contributed by atoms with Gasteiger partial charge in [0.05, 0.1) is 12.1 Å². The number of nitrogens with one attached hydrogen (secondary N) is 1. The van der Waals surface area contributed by atoms with Gasteiger partial charge in [-0.25, -0.2) is 4.98 Å². The van der Waals surface area contributed by atoms with Gasteiger partial charge in [0, 0.05) is 26.6 Å². The van der Waals surface area contributed by atoms with Crippen LogP contribution in [0.3, 0.4) is 0 Å². The van der Waals surface area contributed by atoms with E-state index in [0.717, 1.165) is 12.2 Å². The fourth-order valence-corrected chi connectivity index (χ4v) is 1.49. The van der Waals surface area contributed by atoms with E-state index in [4.69, 9.17) is 4.74 Å². The Labute approximate surface area is 85.3 Å². The number of nitrogens with zero attached hydrogens (tertiary/aromatic N) is 2. The van der Waals surface area contributed by atoms with Crippen LogP contribution in [0, 0.1) is 0 Å². The summed E-state index contributed by atoms with van der Waals surface area (Å²) in [4.78, 5) is 4.32. The first-order valence-electron chi connectivity index (χ1n) is 4.86. The summed E-state index contributed by atoms with van der Waals surface area (Å²) < 4.78 is 7.27. The molecule has 0 amide bonds. The van der Waals surface area contributed by atoms with Crippen molar-refractivity contribution in [1.29, 1.82) is 0 Å². The Balaban J connectivity index is 2.67. The van der Waals surface area contributed by atoms with E-state index in [2.05, 4.69) is 17.2 Å². The SMILES string of the molecule is CNC(CC(C)OC)c1nccn1C. The molecule has 1 heterocycles. The smallest absolute Gasteiger partial charge is 0.125 e. The lowest BCUT2D eigenvalue weighted by Crippen LogP contribution is -2.24. The Morgan fingerprint density at radius 1 is 1.64 bits per heavy atom. The Hall–Kier alpha value is -0.870. The molecule has 80 valence electrons. The van der Waals surface area contributed by atoms with Crippen LogP contribution in [-0.4, -0.2) is 29.8 Å². The maximum absolute atomic E-state index is 5.24. The second kappa shape index (κ2) is 5.12. The topological polar surface area (TPSA) is 39.1 Å². The summed E-state index contributed by atoms with van der Waals surface area (Å²) in [5.74, 6) is 1.05. The van der Waals surface area contributed by atoms with Gasteiger partial charge in [0.2, 0.25) is 0 Å². The first-order valence-corrected chi connectivity index (χ1v) is 4.86. The zero-order valence-corrected chi connectivity index (χ0v) is 9.32. The van der Waals surface area contributed by atoms with Crippen molar-refractivity contribution in [2.75, 3.05) is 14.2 Å². The molecule has 0 bridgehead atoms. The third-order valence-corrected chi connectivity index (χ3v) is 2.49. The third kappa shape index (κ3) is 2.56. The molecule has 0 spiro atoms. The van der Waals surface area contributed by atoms with Gasteiger partial charge in [0.1, 0.15) is 5.82 Å². The predicted octanol–water partition coefficient (Wildman–Crippen LogP) is 1.11. The fourth-order valence-electron chi connectivity index (χ4n) is 1.49. The number of hydrogen-bond acceptors (Lipinski definition) is 3. The number of hydrogen-bond donors (Lipinski definition) is 1. The quantitative estimate of drug-likeness (QED) is 0.768. The Bertz CT molecular complexity index is 272. The monoisotopic (exact) mass is 197 g/mol. The van der Waals surface area contributed by atoms with Crippen LogP contribution in [0.5, 0.6) is 0 Å². The van der Waals surface area contributed by atoms with Crippen LogP contribution in [0.4, 0.5) is 0 Å². The van der Waals surface area contributed by atoms with Gasteiger partial charge >= 0.3 is 0 Å². The summed E-state index contributed by atoms with van der Waals surface area (Å²) in [7, 11) is 5.68. The molecule has 14 heavy (non-hydrogen) atoms. The lowest BCUT2D eigenvalue weighted by molar-refractivity contribution is 0.1000. The molecule has 1 aromatic heterocycles. The van der Waals surface area contributed by atoms with Crippen LogP contribution in [0.25, 0.3) is 0 Å². The summed E-state index contributed by atoms with van der Waals surface area (Å²) in [6, 6.07) is 0.255. The second-order valence-corrected chi connectivity index (χ2v) is 3.52. The molecule has 2 unspecified atom stereocenters. The zero-order valence-electron chi connectivity index (χ0n) is 9.32. The molecule has 1 N–H and O–H groups in total. The summed E-state index contributed by atoms with van der Waals surface area (Å²) in [5.41, 5.74) is 0. The molecule has 0 saturated heterocycles. The van der Waals surface area contributed by atoms with Crippen molar-refractivity contribution in [1.82, 2.24) is 14.9 Å². The summed E-state index contributed by atoms with van der Waals surface area (Å²) in [6.07, 6.45) is 4.94. The molecule has 2 atom stereocenters. The van der Waals surface area contributed by atoms with E-state index in [1.165, 1.54) is 0 Å². The molecule has 1 rings (SSSR count). The van der Waals surface area contributed by atoms with Gasteiger partial charge in [-0.3, -0.25) is 0 Å². The number of imidazole rings is 1. The molecule has 0 aliphatic heterocycles. The number of aryl methyl sites for hydroxylation is 1. The molecule has 1 aromatic rings. The van der Waals surface area contributed by atoms with E-state index < -0.39 is 0 Å². The van der Waals surface area contributed by atoms with Crippen molar-refractivity contribution in [3.8, 4) is 0 Å². The standard InChI is InChI=1S/C10H19N3O/c1-8(14-4)7-9(11-2)10-12-5-6-13(10)3/h5-6,8-9,11H,7H2,1-4H3. The minimum atomic E-state index is 0.240. The highest BCUT2D eigenvalue weighted by Crippen LogP contribution is 2.16. The average molecular weight is 197 g/mol. The Kier molecular flexibility index (Phi) is 4.10. The lowest BCUT2D eigenvalue weighted by atomic mass is 10.1. The first-order chi connectivity index (χ1) is 6.69. The van der Waals surface area contributed by atoms with Crippen molar-refractivity contribution < 1.29 is 4.74 Å². The summed E-state index contributed by atoms with van der Waals surface area (Å²) >= 11 is 0. The van der Waals surface area contributed by atoms with E-state index in [-0.39, 0.29) is 12.1 Å². The van der Waals surface area contributed by atoms with Crippen LogP contribution >= 0.6 is 0 Å². The number of aromatic nitrogens is 2. The van der Waals surface area contributed by atoms with E-state index in [1.807, 2.05) is 31.1 Å². The fraction of sp³-hybridized carbons (Fsp3) is 0.700. The maximum Gasteiger partial charge on any atom is 0.125 e. The van der Waals surface area contributed by atoms with Crippen molar-refractivity contribution in [3.05, 3.63) is 18.2 Å². The summed E-state index contributed by atoms with van der Waals surface area (Å²) in [5, 5.41) is 3.25. The first kappa shape index (κ1) is 11.2. The molecule has 0 saturated carbocycles. The average Bonchev–Trinajstić information content (AvgIpc) is 2.60. The highest BCUT2D eigenvalue weighted by atomic mass is 16.5. The third-order valence-electron chi connectivity index (χ3n) is 2.49. The van der Waals surface area contributed by atoms with Gasteiger partial charge in [-0.2, -0.15) is 0 Å². The molecular formula is C10H19N3O. The van der Waals surface area contributed by atoms with Gasteiger partial charge in [-0.1, -0.05) is 0 Å². The molecule has 0 fully saturated rings. The van der Waals surface area contributed by atoms with Crippen molar-refractivity contribution in [2.45, 2.75) is 25.5 Å². The molecule has 0 aliphatic carbocycles. The molecule has 0 aliphatic rings. The van der Waals surface area contributed by atoms with Crippen LogP contribution in [0.2, 0.25) is 0 Å². The maximum atomic E-state index is 5.24. The normalized spacial score (nSPS) is 15.4. The minimum Gasteiger partial charge on any atom is -0.382 e. The van der Waals surface area contributed by atoms with Crippen LogP contribution < -0.4 is 5.32 Å². The van der Waals surface area contributed by atoms with Gasteiger partial charge in [0.25, 0.3) is 0 Å². The largest absolute Gasteiger partial charge is 0.382 e. The lowest BCUT2D eigenvalue weighted by Gasteiger charge is -2.19. The molecule has 0 aromatic carbocycles. The van der Waals surface area contributed by atoms with E-state index >= 15 is 0 Å². The molecular weight excluding hydrogens is 178 g/mol. The van der Waals surface area contributed by atoms with Gasteiger partial charge in [-0.05, 0) is 20.4 Å². The van der Waals surface area contributed by atoms with Crippen molar-refractivity contribution in [2.24, 2.45) is 7.05 Å². The zero-order chi connectivity index (χ0) is 10.6.